The fourth-order valence-electron chi connectivity index (χ4n) is 3.00. The van der Waals surface area contributed by atoms with E-state index in [9.17, 15) is 0 Å². The molecule has 3 nitrogen and oxygen atoms in total. The van der Waals surface area contributed by atoms with Gasteiger partial charge < -0.3 is 15.1 Å². The molecule has 1 rings (SSSR count). The van der Waals surface area contributed by atoms with Crippen LogP contribution in [0.1, 0.15) is 33.6 Å². The van der Waals surface area contributed by atoms with Gasteiger partial charge in [-0.05, 0) is 45.4 Å². The maximum absolute atomic E-state index is 3.64. The highest BCUT2D eigenvalue weighted by atomic mass is 15.2. The standard InChI is InChI=1S/C14H31N3/c1-6-8-15-13-7-9-17(10-13)12-14(2,3)11-16(4)5/h13,15H,6-12H2,1-5H3. The Kier molecular flexibility index (Phi) is 5.90. The monoisotopic (exact) mass is 241 g/mol. The molecule has 1 aliphatic heterocycles. The van der Waals surface area contributed by atoms with Gasteiger partial charge in [-0.1, -0.05) is 20.8 Å². The van der Waals surface area contributed by atoms with E-state index in [1.807, 2.05) is 0 Å². The normalized spacial score (nSPS) is 22.6. The number of hydrogen-bond acceptors (Lipinski definition) is 3. The second-order valence-electron chi connectivity index (χ2n) is 6.58. The van der Waals surface area contributed by atoms with Gasteiger partial charge in [-0.15, -0.1) is 0 Å². The Bertz CT molecular complexity index is 214. The minimum absolute atomic E-state index is 0.392. The summed E-state index contributed by atoms with van der Waals surface area (Å²) in [5.41, 5.74) is 0.392. The second-order valence-corrected chi connectivity index (χ2v) is 6.58. The molecule has 0 amide bonds. The number of rotatable bonds is 7. The Balaban J connectivity index is 2.29. The van der Waals surface area contributed by atoms with Crippen molar-refractivity contribution in [2.24, 2.45) is 5.41 Å². The third kappa shape index (κ3) is 5.84. The third-order valence-electron chi connectivity index (χ3n) is 3.35. The van der Waals surface area contributed by atoms with Gasteiger partial charge in [0.1, 0.15) is 0 Å². The predicted octanol–water partition coefficient (Wildman–Crippen LogP) is 1.65. The van der Waals surface area contributed by atoms with Gasteiger partial charge in [0, 0.05) is 25.7 Å². The quantitative estimate of drug-likeness (QED) is 0.731. The lowest BCUT2D eigenvalue weighted by molar-refractivity contribution is 0.162. The molecule has 0 aromatic carbocycles. The molecule has 0 saturated carbocycles. The van der Waals surface area contributed by atoms with Crippen LogP contribution in [0.2, 0.25) is 0 Å². The molecule has 1 N–H and O–H groups in total. The van der Waals surface area contributed by atoms with Crippen LogP contribution in [0.5, 0.6) is 0 Å². The molecule has 0 aromatic heterocycles. The van der Waals surface area contributed by atoms with Crippen molar-refractivity contribution in [3.63, 3.8) is 0 Å². The van der Waals surface area contributed by atoms with E-state index in [1.54, 1.807) is 0 Å². The minimum atomic E-state index is 0.392. The fourth-order valence-corrected chi connectivity index (χ4v) is 3.00. The largest absolute Gasteiger partial charge is 0.313 e. The number of likely N-dealkylation sites (tertiary alicyclic amines) is 1. The summed E-state index contributed by atoms with van der Waals surface area (Å²) in [6.45, 7) is 13.0. The Morgan fingerprint density at radius 1 is 1.35 bits per heavy atom. The summed E-state index contributed by atoms with van der Waals surface area (Å²) >= 11 is 0. The van der Waals surface area contributed by atoms with Gasteiger partial charge in [0.25, 0.3) is 0 Å². The first-order chi connectivity index (χ1) is 7.93. The molecule has 3 heteroatoms. The maximum atomic E-state index is 3.64. The molecule has 0 aromatic rings. The zero-order chi connectivity index (χ0) is 12.9. The van der Waals surface area contributed by atoms with E-state index in [0.29, 0.717) is 5.41 Å². The van der Waals surface area contributed by atoms with Crippen LogP contribution in [0, 0.1) is 5.41 Å². The number of hydrogen-bond donors (Lipinski definition) is 1. The second kappa shape index (κ2) is 6.72. The van der Waals surface area contributed by atoms with E-state index in [0.717, 1.165) is 12.6 Å². The molecule has 17 heavy (non-hydrogen) atoms. The van der Waals surface area contributed by atoms with E-state index in [-0.39, 0.29) is 0 Å². The Labute approximate surface area is 108 Å². The molecule has 1 heterocycles. The summed E-state index contributed by atoms with van der Waals surface area (Å²) in [5, 5.41) is 3.64. The lowest BCUT2D eigenvalue weighted by atomic mass is 9.92. The fraction of sp³-hybridized carbons (Fsp3) is 1.00. The van der Waals surface area contributed by atoms with Crippen molar-refractivity contribution in [1.29, 1.82) is 0 Å². The zero-order valence-corrected chi connectivity index (χ0v) is 12.4. The van der Waals surface area contributed by atoms with Crippen LogP contribution in [0.4, 0.5) is 0 Å². The molecule has 0 aliphatic carbocycles. The topological polar surface area (TPSA) is 18.5 Å². The van der Waals surface area contributed by atoms with Gasteiger partial charge in [-0.3, -0.25) is 0 Å². The Hall–Kier alpha value is -0.120. The SMILES string of the molecule is CCCNC1CCN(CC(C)(C)CN(C)C)C1. The van der Waals surface area contributed by atoms with Crippen molar-refractivity contribution in [2.45, 2.75) is 39.7 Å². The van der Waals surface area contributed by atoms with E-state index < -0.39 is 0 Å². The highest BCUT2D eigenvalue weighted by Crippen LogP contribution is 2.21. The molecule has 0 bridgehead atoms. The third-order valence-corrected chi connectivity index (χ3v) is 3.35. The Morgan fingerprint density at radius 3 is 2.65 bits per heavy atom. The lowest BCUT2D eigenvalue weighted by Gasteiger charge is -2.32. The summed E-state index contributed by atoms with van der Waals surface area (Å²) in [4.78, 5) is 4.92. The molecule has 1 saturated heterocycles. The average Bonchev–Trinajstić information content (AvgIpc) is 2.59. The van der Waals surface area contributed by atoms with Crippen molar-refractivity contribution in [3.8, 4) is 0 Å². The van der Waals surface area contributed by atoms with Crippen molar-refractivity contribution < 1.29 is 0 Å². The molecule has 0 spiro atoms. The summed E-state index contributed by atoms with van der Waals surface area (Å²) < 4.78 is 0. The first-order valence-electron chi connectivity index (χ1n) is 7.03. The van der Waals surface area contributed by atoms with Crippen LogP contribution >= 0.6 is 0 Å². The first-order valence-corrected chi connectivity index (χ1v) is 7.03. The van der Waals surface area contributed by atoms with Crippen LogP contribution in [0.25, 0.3) is 0 Å². The van der Waals surface area contributed by atoms with Gasteiger partial charge in [0.15, 0.2) is 0 Å². The minimum Gasteiger partial charge on any atom is -0.313 e. The van der Waals surface area contributed by atoms with Gasteiger partial charge in [0.05, 0.1) is 0 Å². The van der Waals surface area contributed by atoms with Gasteiger partial charge in [0.2, 0.25) is 0 Å². The molecule has 1 atom stereocenters. The number of nitrogens with zero attached hydrogens (tertiary/aromatic N) is 2. The number of nitrogens with one attached hydrogen (secondary N) is 1. The zero-order valence-electron chi connectivity index (χ0n) is 12.4. The van der Waals surface area contributed by atoms with Crippen LogP contribution in [-0.2, 0) is 0 Å². The first kappa shape index (κ1) is 14.9. The summed E-state index contributed by atoms with van der Waals surface area (Å²) in [6.07, 6.45) is 2.56. The van der Waals surface area contributed by atoms with E-state index in [1.165, 1.54) is 39.0 Å². The average molecular weight is 241 g/mol. The van der Waals surface area contributed by atoms with Crippen LogP contribution < -0.4 is 5.32 Å². The summed E-state index contributed by atoms with van der Waals surface area (Å²) in [7, 11) is 4.33. The predicted molar refractivity (Wildman–Crippen MR) is 75.5 cm³/mol. The van der Waals surface area contributed by atoms with Crippen LogP contribution in [0.15, 0.2) is 0 Å². The van der Waals surface area contributed by atoms with E-state index in [4.69, 9.17) is 0 Å². The highest BCUT2D eigenvalue weighted by molar-refractivity contribution is 4.85. The maximum Gasteiger partial charge on any atom is 0.0207 e. The molecule has 1 fully saturated rings. The van der Waals surface area contributed by atoms with Crippen molar-refractivity contribution in [2.75, 3.05) is 46.8 Å². The summed E-state index contributed by atoms with van der Waals surface area (Å²) in [6, 6.07) is 0.727. The van der Waals surface area contributed by atoms with Crippen LogP contribution in [0.3, 0.4) is 0 Å². The molecular weight excluding hydrogens is 210 g/mol. The molecular formula is C14H31N3. The van der Waals surface area contributed by atoms with Gasteiger partial charge >= 0.3 is 0 Å². The summed E-state index contributed by atoms with van der Waals surface area (Å²) in [5.74, 6) is 0. The van der Waals surface area contributed by atoms with Gasteiger partial charge in [-0.25, -0.2) is 0 Å². The molecule has 0 radical (unpaired) electrons. The van der Waals surface area contributed by atoms with E-state index >= 15 is 0 Å². The lowest BCUT2D eigenvalue weighted by Crippen LogP contribution is -2.40. The Morgan fingerprint density at radius 2 is 2.06 bits per heavy atom. The smallest absolute Gasteiger partial charge is 0.0207 e. The molecule has 1 unspecified atom stereocenters. The van der Waals surface area contributed by atoms with Crippen LogP contribution in [-0.4, -0.2) is 62.7 Å². The highest BCUT2D eigenvalue weighted by Gasteiger charge is 2.28. The molecule has 102 valence electrons. The van der Waals surface area contributed by atoms with Crippen molar-refractivity contribution in [1.82, 2.24) is 15.1 Å². The van der Waals surface area contributed by atoms with Gasteiger partial charge in [-0.2, -0.15) is 0 Å². The van der Waals surface area contributed by atoms with Crippen molar-refractivity contribution in [3.05, 3.63) is 0 Å². The van der Waals surface area contributed by atoms with Crippen molar-refractivity contribution >= 4 is 0 Å². The molecule has 1 aliphatic rings. The van der Waals surface area contributed by atoms with E-state index in [2.05, 4.69) is 50.0 Å².